The number of nitrogens with one attached hydrogen (secondary N) is 1. The van der Waals surface area contributed by atoms with Crippen LogP contribution < -0.4 is 26.0 Å². The molecule has 0 bridgehead atoms. The first-order valence-electron chi connectivity index (χ1n) is 14.3. The van der Waals surface area contributed by atoms with Crippen LogP contribution in [0.25, 0.3) is 33.4 Å². The molecule has 4 N–H and O–H groups in total. The van der Waals surface area contributed by atoms with Crippen molar-refractivity contribution < 1.29 is 23.8 Å². The van der Waals surface area contributed by atoms with Crippen LogP contribution in [-0.2, 0) is 6.54 Å². The number of nitrogen functional groups attached to an aromatic ring is 1. The third-order valence-corrected chi connectivity index (χ3v) is 7.54. The molecule has 11 heteroatoms. The smallest absolute Gasteiger partial charge is 0.261 e. The van der Waals surface area contributed by atoms with Gasteiger partial charge in [0.25, 0.3) is 5.91 Å². The van der Waals surface area contributed by atoms with E-state index in [1.165, 1.54) is 30.5 Å². The maximum atomic E-state index is 13.6. The Morgan fingerprint density at radius 3 is 2.20 bits per heavy atom. The number of nitrogens with zero attached hydrogens (tertiary/aromatic N) is 3. The maximum absolute atomic E-state index is 13.6. The summed E-state index contributed by atoms with van der Waals surface area (Å²) in [4.78, 5) is 32.9. The molecule has 0 aliphatic heterocycles. The first kappa shape index (κ1) is 31.9. The Bertz CT molecular complexity index is 1920. The van der Waals surface area contributed by atoms with Gasteiger partial charge in [-0.25, -0.2) is 9.37 Å². The molecule has 0 saturated carbocycles. The van der Waals surface area contributed by atoms with Crippen molar-refractivity contribution in [2.75, 3.05) is 39.4 Å². The minimum atomic E-state index is -0.876. The van der Waals surface area contributed by atoms with Gasteiger partial charge in [-0.15, -0.1) is 0 Å². The van der Waals surface area contributed by atoms with Crippen molar-refractivity contribution in [2.24, 2.45) is 0 Å². The SMILES string of the molecule is COc1ccc(-c2cnc(N)c(-c3ccc(NC(=O)c4cn(CC(O)N(C)C)cc(-c5ccc(F)cc5)c4=O)cc3)c2)cc1OC. The number of carbonyl (C=O) groups excluding carboxylic acids is 1. The van der Waals surface area contributed by atoms with Crippen molar-refractivity contribution in [3.05, 3.63) is 113 Å². The molecule has 0 spiro atoms. The largest absolute Gasteiger partial charge is 0.493 e. The van der Waals surface area contributed by atoms with Crippen LogP contribution in [-0.4, -0.2) is 60.0 Å². The van der Waals surface area contributed by atoms with E-state index in [-0.39, 0.29) is 17.7 Å². The molecule has 2 heterocycles. The van der Waals surface area contributed by atoms with Crippen LogP contribution in [0.1, 0.15) is 10.4 Å². The standard InChI is InChI=1S/C35H34FN5O5/c1-40(2)32(42)20-41-18-28(22-5-10-25(36)11-6-22)33(43)29(19-41)35(44)39-26-12-7-21(8-13-26)27-15-24(17-38-34(27)37)23-9-14-30(45-3)31(16-23)46-4/h5-19,32,42H,20H2,1-4H3,(H2,37,38)(H,39,44). The number of rotatable bonds is 10. The molecule has 46 heavy (non-hydrogen) atoms. The minimum absolute atomic E-state index is 0.0915. The summed E-state index contributed by atoms with van der Waals surface area (Å²) in [5.74, 6) is 0.447. The quantitative estimate of drug-likeness (QED) is 0.183. The number of hydrogen-bond acceptors (Lipinski definition) is 8. The maximum Gasteiger partial charge on any atom is 0.261 e. The summed E-state index contributed by atoms with van der Waals surface area (Å²) in [5.41, 5.74) is 9.82. The fourth-order valence-corrected chi connectivity index (χ4v) is 4.90. The Hall–Kier alpha value is -5.52. The number of anilines is 2. The van der Waals surface area contributed by atoms with E-state index in [4.69, 9.17) is 15.2 Å². The zero-order valence-electron chi connectivity index (χ0n) is 25.8. The lowest BCUT2D eigenvalue weighted by molar-refractivity contribution is 0.0259. The summed E-state index contributed by atoms with van der Waals surface area (Å²) < 4.78 is 25.9. The molecule has 2 aromatic heterocycles. The number of hydrogen-bond donors (Lipinski definition) is 3. The lowest BCUT2D eigenvalue weighted by Gasteiger charge is -2.21. The highest BCUT2D eigenvalue weighted by molar-refractivity contribution is 6.04. The summed E-state index contributed by atoms with van der Waals surface area (Å²) in [6.45, 7) is 0.0915. The van der Waals surface area contributed by atoms with Crippen molar-refractivity contribution in [3.63, 3.8) is 0 Å². The van der Waals surface area contributed by atoms with Gasteiger partial charge in [0.05, 0.1) is 20.8 Å². The van der Waals surface area contributed by atoms with E-state index in [0.717, 1.165) is 16.7 Å². The fourth-order valence-electron chi connectivity index (χ4n) is 4.90. The van der Waals surface area contributed by atoms with Gasteiger partial charge < -0.3 is 30.2 Å². The van der Waals surface area contributed by atoms with Crippen LogP contribution in [0.2, 0.25) is 0 Å². The molecule has 1 atom stereocenters. The van der Waals surface area contributed by atoms with E-state index in [2.05, 4.69) is 10.3 Å². The molecule has 0 fully saturated rings. The van der Waals surface area contributed by atoms with Crippen LogP contribution in [0.3, 0.4) is 0 Å². The second-order valence-electron chi connectivity index (χ2n) is 10.8. The number of amides is 1. The van der Waals surface area contributed by atoms with Crippen molar-refractivity contribution >= 4 is 17.4 Å². The summed E-state index contributed by atoms with van der Waals surface area (Å²) in [6, 6.07) is 19.9. The van der Waals surface area contributed by atoms with Crippen molar-refractivity contribution in [2.45, 2.75) is 12.8 Å². The van der Waals surface area contributed by atoms with Gasteiger partial charge >= 0.3 is 0 Å². The third-order valence-electron chi connectivity index (χ3n) is 7.54. The number of halogens is 1. The van der Waals surface area contributed by atoms with E-state index in [0.29, 0.717) is 34.1 Å². The first-order chi connectivity index (χ1) is 22.1. The Kier molecular flexibility index (Phi) is 9.45. The van der Waals surface area contributed by atoms with E-state index >= 15 is 0 Å². The zero-order valence-corrected chi connectivity index (χ0v) is 25.8. The van der Waals surface area contributed by atoms with E-state index in [1.54, 1.807) is 74.4 Å². The van der Waals surface area contributed by atoms with Gasteiger partial charge in [-0.05, 0) is 73.3 Å². The number of aromatic nitrogens is 2. The first-order valence-corrected chi connectivity index (χ1v) is 14.3. The van der Waals surface area contributed by atoms with E-state index in [9.17, 15) is 19.1 Å². The minimum Gasteiger partial charge on any atom is -0.493 e. The van der Waals surface area contributed by atoms with Crippen LogP contribution in [0.5, 0.6) is 11.5 Å². The third kappa shape index (κ3) is 6.90. The van der Waals surface area contributed by atoms with Gasteiger partial charge in [0, 0.05) is 41.0 Å². The number of methoxy groups -OCH3 is 2. The van der Waals surface area contributed by atoms with E-state index < -0.39 is 23.4 Å². The Morgan fingerprint density at radius 1 is 0.913 bits per heavy atom. The number of nitrogens with two attached hydrogens (primary N) is 1. The highest BCUT2D eigenvalue weighted by Gasteiger charge is 2.19. The average molecular weight is 624 g/mol. The molecule has 1 unspecified atom stereocenters. The Labute approximate surface area is 265 Å². The Morgan fingerprint density at radius 2 is 1.54 bits per heavy atom. The van der Waals surface area contributed by atoms with Gasteiger partial charge in [0.2, 0.25) is 5.43 Å². The molecule has 5 aromatic rings. The fraction of sp³-hybridized carbons (Fsp3) is 0.171. The lowest BCUT2D eigenvalue weighted by atomic mass is 10.0. The molecule has 10 nitrogen and oxygen atoms in total. The number of ether oxygens (including phenoxy) is 2. The molecule has 0 saturated heterocycles. The van der Waals surface area contributed by atoms with E-state index in [1.807, 2.05) is 24.3 Å². The summed E-state index contributed by atoms with van der Waals surface area (Å²) >= 11 is 0. The number of aliphatic hydroxyl groups excluding tert-OH is 1. The summed E-state index contributed by atoms with van der Waals surface area (Å²) in [6.07, 6.45) is 3.75. The van der Waals surface area contributed by atoms with Crippen LogP contribution in [0.4, 0.5) is 15.9 Å². The highest BCUT2D eigenvalue weighted by atomic mass is 19.1. The highest BCUT2D eigenvalue weighted by Crippen LogP contribution is 2.35. The predicted octanol–water partition coefficient (Wildman–Crippen LogP) is 5.12. The molecular weight excluding hydrogens is 589 g/mol. The molecule has 3 aromatic carbocycles. The van der Waals surface area contributed by atoms with Crippen LogP contribution in [0, 0.1) is 5.82 Å². The average Bonchev–Trinajstić information content (AvgIpc) is 3.06. The van der Waals surface area contributed by atoms with Crippen molar-refractivity contribution in [1.29, 1.82) is 0 Å². The number of aliphatic hydroxyl groups is 1. The zero-order chi connectivity index (χ0) is 33.0. The van der Waals surface area contributed by atoms with Gasteiger partial charge in [-0.2, -0.15) is 0 Å². The molecule has 0 radical (unpaired) electrons. The molecule has 0 aliphatic rings. The normalized spacial score (nSPS) is 11.7. The van der Waals surface area contributed by atoms with Crippen molar-refractivity contribution in [1.82, 2.24) is 14.5 Å². The lowest BCUT2D eigenvalue weighted by Crippen LogP contribution is -2.33. The number of pyridine rings is 2. The van der Waals surface area contributed by atoms with Gasteiger partial charge in [0.15, 0.2) is 11.5 Å². The molecule has 236 valence electrons. The predicted molar refractivity (Wildman–Crippen MR) is 176 cm³/mol. The molecular formula is C35H34FN5O5. The number of benzene rings is 3. The second kappa shape index (κ2) is 13.6. The van der Waals surface area contributed by atoms with Crippen LogP contribution >= 0.6 is 0 Å². The molecule has 0 aliphatic carbocycles. The van der Waals surface area contributed by atoms with Gasteiger partial charge in [-0.1, -0.05) is 30.3 Å². The number of carbonyl (C=O) groups is 1. The van der Waals surface area contributed by atoms with Gasteiger partial charge in [-0.3, -0.25) is 14.5 Å². The van der Waals surface area contributed by atoms with Crippen molar-refractivity contribution in [3.8, 4) is 44.9 Å². The summed E-state index contributed by atoms with van der Waals surface area (Å²) in [5, 5.41) is 13.2. The number of likely N-dealkylation sites (N-methyl/N-ethyl adjacent to an activating group) is 1. The van der Waals surface area contributed by atoms with Gasteiger partial charge in [0.1, 0.15) is 23.4 Å². The molecule has 1 amide bonds. The van der Waals surface area contributed by atoms with Crippen LogP contribution in [0.15, 0.2) is 96.2 Å². The summed E-state index contributed by atoms with van der Waals surface area (Å²) in [7, 11) is 6.57. The Balaban J connectivity index is 1.43. The monoisotopic (exact) mass is 623 g/mol. The second-order valence-corrected chi connectivity index (χ2v) is 10.8. The topological polar surface area (TPSA) is 132 Å². The molecule has 5 rings (SSSR count).